The van der Waals surface area contributed by atoms with Gasteiger partial charge >= 0.3 is 5.97 Å². The first-order chi connectivity index (χ1) is 10.5. The first kappa shape index (κ1) is 16.0. The second kappa shape index (κ2) is 7.03. The van der Waals surface area contributed by atoms with Gasteiger partial charge in [0.05, 0.1) is 6.42 Å². The minimum absolute atomic E-state index is 0.0184. The Kier molecular flexibility index (Phi) is 5.10. The van der Waals surface area contributed by atoms with Crippen molar-refractivity contribution in [3.63, 3.8) is 0 Å². The van der Waals surface area contributed by atoms with Gasteiger partial charge < -0.3 is 5.11 Å². The van der Waals surface area contributed by atoms with Gasteiger partial charge in [0, 0.05) is 17.4 Å². The maximum atomic E-state index is 12.7. The number of benzene rings is 2. The molecular formula is C19H20O3. The molecule has 0 saturated heterocycles. The molecule has 0 aliphatic carbocycles. The summed E-state index contributed by atoms with van der Waals surface area (Å²) >= 11 is 0. The zero-order chi connectivity index (χ0) is 16.1. The monoisotopic (exact) mass is 296 g/mol. The fourth-order valence-corrected chi connectivity index (χ4v) is 2.64. The molecule has 2 atom stereocenters. The van der Waals surface area contributed by atoms with E-state index in [1.54, 1.807) is 12.1 Å². The van der Waals surface area contributed by atoms with Crippen LogP contribution in [0.1, 0.15) is 40.7 Å². The van der Waals surface area contributed by atoms with Crippen LogP contribution in [0, 0.1) is 12.8 Å². The molecule has 0 amide bonds. The summed E-state index contributed by atoms with van der Waals surface area (Å²) in [5, 5.41) is 9.17. The summed E-state index contributed by atoms with van der Waals surface area (Å²) in [5.41, 5.74) is 2.61. The number of hydrogen-bond donors (Lipinski definition) is 1. The number of carbonyl (C=O) groups excluding carboxylic acids is 1. The van der Waals surface area contributed by atoms with Gasteiger partial charge in [0.2, 0.25) is 0 Å². The molecule has 0 aromatic heterocycles. The van der Waals surface area contributed by atoms with Crippen LogP contribution in [0.2, 0.25) is 0 Å². The van der Waals surface area contributed by atoms with Crippen LogP contribution < -0.4 is 0 Å². The normalized spacial score (nSPS) is 13.4. The van der Waals surface area contributed by atoms with E-state index in [2.05, 4.69) is 0 Å². The predicted octanol–water partition coefficient (Wildman–Crippen LogP) is 4.07. The Morgan fingerprint density at radius 3 is 2.14 bits per heavy atom. The lowest BCUT2D eigenvalue weighted by molar-refractivity contribution is -0.137. The quantitative estimate of drug-likeness (QED) is 0.817. The minimum Gasteiger partial charge on any atom is -0.481 e. The average Bonchev–Trinajstić information content (AvgIpc) is 2.52. The van der Waals surface area contributed by atoms with E-state index < -0.39 is 5.97 Å². The Morgan fingerprint density at radius 2 is 1.59 bits per heavy atom. The van der Waals surface area contributed by atoms with E-state index in [1.807, 2.05) is 56.3 Å². The molecule has 0 saturated carbocycles. The van der Waals surface area contributed by atoms with Crippen molar-refractivity contribution >= 4 is 11.8 Å². The van der Waals surface area contributed by atoms with Gasteiger partial charge in [-0.15, -0.1) is 0 Å². The number of aryl methyl sites for hydroxylation is 1. The van der Waals surface area contributed by atoms with Crippen molar-refractivity contribution in [1.82, 2.24) is 0 Å². The van der Waals surface area contributed by atoms with Crippen LogP contribution in [-0.4, -0.2) is 16.9 Å². The van der Waals surface area contributed by atoms with Crippen LogP contribution >= 0.6 is 0 Å². The number of carbonyl (C=O) groups is 2. The Bertz CT molecular complexity index is 644. The van der Waals surface area contributed by atoms with E-state index in [0.717, 1.165) is 11.1 Å². The third-order valence-electron chi connectivity index (χ3n) is 3.98. The van der Waals surface area contributed by atoms with Crippen LogP contribution in [0.3, 0.4) is 0 Å². The Hall–Kier alpha value is -2.42. The van der Waals surface area contributed by atoms with Crippen LogP contribution in [-0.2, 0) is 4.79 Å². The molecule has 0 bridgehead atoms. The first-order valence-corrected chi connectivity index (χ1v) is 7.36. The van der Waals surface area contributed by atoms with Crippen LogP contribution in [0.4, 0.5) is 0 Å². The molecule has 1 N–H and O–H groups in total. The van der Waals surface area contributed by atoms with Crippen LogP contribution in [0.5, 0.6) is 0 Å². The van der Waals surface area contributed by atoms with E-state index in [9.17, 15) is 14.7 Å². The van der Waals surface area contributed by atoms with Gasteiger partial charge in [-0.25, -0.2) is 0 Å². The summed E-state index contributed by atoms with van der Waals surface area (Å²) in [7, 11) is 0. The lowest BCUT2D eigenvalue weighted by Crippen LogP contribution is -2.22. The Morgan fingerprint density at radius 1 is 1.00 bits per heavy atom. The van der Waals surface area contributed by atoms with Gasteiger partial charge in [-0.1, -0.05) is 67.1 Å². The zero-order valence-electron chi connectivity index (χ0n) is 12.8. The topological polar surface area (TPSA) is 54.4 Å². The lowest BCUT2D eigenvalue weighted by Gasteiger charge is -2.22. The molecule has 0 heterocycles. The third kappa shape index (κ3) is 3.82. The molecule has 0 radical (unpaired) electrons. The highest BCUT2D eigenvalue weighted by Gasteiger charge is 2.28. The van der Waals surface area contributed by atoms with Crippen molar-refractivity contribution in [1.29, 1.82) is 0 Å². The first-order valence-electron chi connectivity index (χ1n) is 7.36. The fraction of sp³-hybridized carbons (Fsp3) is 0.263. The van der Waals surface area contributed by atoms with Gasteiger partial charge in [-0.2, -0.15) is 0 Å². The minimum atomic E-state index is -0.891. The average molecular weight is 296 g/mol. The molecule has 0 aliphatic rings. The molecule has 2 rings (SSSR count). The van der Waals surface area contributed by atoms with E-state index in [-0.39, 0.29) is 24.0 Å². The van der Waals surface area contributed by atoms with Crippen molar-refractivity contribution in [2.75, 3.05) is 0 Å². The van der Waals surface area contributed by atoms with Gasteiger partial charge in [-0.3, -0.25) is 9.59 Å². The van der Waals surface area contributed by atoms with Crippen molar-refractivity contribution in [3.05, 3.63) is 71.3 Å². The summed E-state index contributed by atoms with van der Waals surface area (Å²) in [5.74, 6) is -1.62. The second-order valence-electron chi connectivity index (χ2n) is 5.63. The lowest BCUT2D eigenvalue weighted by atomic mass is 9.80. The van der Waals surface area contributed by atoms with Gasteiger partial charge in [0.1, 0.15) is 0 Å². The number of carboxylic acid groups (broad SMARTS) is 1. The highest BCUT2D eigenvalue weighted by atomic mass is 16.4. The smallest absolute Gasteiger partial charge is 0.303 e. The number of carboxylic acids is 1. The molecule has 3 heteroatoms. The standard InChI is InChI=1S/C19H20O3/c1-13-8-10-16(11-9-13)19(22)14(2)17(12-18(20)21)15-6-4-3-5-7-15/h3-11,14,17H,12H2,1-2H3,(H,20,21). The Balaban J connectivity index is 2.28. The summed E-state index contributed by atoms with van der Waals surface area (Å²) in [6.07, 6.45) is -0.0528. The highest BCUT2D eigenvalue weighted by molar-refractivity contribution is 5.98. The van der Waals surface area contributed by atoms with Gasteiger partial charge in [0.15, 0.2) is 5.78 Å². The molecule has 114 valence electrons. The van der Waals surface area contributed by atoms with Crippen LogP contribution in [0.15, 0.2) is 54.6 Å². The molecule has 0 fully saturated rings. The number of hydrogen-bond acceptors (Lipinski definition) is 2. The molecule has 22 heavy (non-hydrogen) atoms. The van der Waals surface area contributed by atoms with E-state index in [4.69, 9.17) is 0 Å². The molecule has 2 aromatic rings. The predicted molar refractivity (Wildman–Crippen MR) is 86.1 cm³/mol. The zero-order valence-corrected chi connectivity index (χ0v) is 12.8. The largest absolute Gasteiger partial charge is 0.481 e. The van der Waals surface area contributed by atoms with Gasteiger partial charge in [-0.05, 0) is 12.5 Å². The van der Waals surface area contributed by atoms with E-state index >= 15 is 0 Å². The number of rotatable bonds is 6. The number of Topliss-reactive ketones (excluding diaryl/α,β-unsaturated/α-hetero) is 1. The van der Waals surface area contributed by atoms with E-state index in [1.165, 1.54) is 0 Å². The highest BCUT2D eigenvalue weighted by Crippen LogP contribution is 2.30. The summed E-state index contributed by atoms with van der Waals surface area (Å²) in [6.45, 7) is 3.78. The van der Waals surface area contributed by atoms with E-state index in [0.29, 0.717) is 5.56 Å². The molecule has 2 aromatic carbocycles. The van der Waals surface area contributed by atoms with Crippen molar-refractivity contribution in [2.45, 2.75) is 26.2 Å². The maximum absolute atomic E-state index is 12.7. The third-order valence-corrected chi connectivity index (χ3v) is 3.98. The SMILES string of the molecule is Cc1ccc(C(=O)C(C)C(CC(=O)O)c2ccccc2)cc1. The molecular weight excluding hydrogens is 276 g/mol. The Labute approximate surface area is 130 Å². The summed E-state index contributed by atoms with van der Waals surface area (Å²) in [6, 6.07) is 16.8. The van der Waals surface area contributed by atoms with Crippen molar-refractivity contribution in [2.24, 2.45) is 5.92 Å². The molecule has 0 aliphatic heterocycles. The summed E-state index contributed by atoms with van der Waals surface area (Å²) in [4.78, 5) is 23.8. The van der Waals surface area contributed by atoms with Gasteiger partial charge in [0.25, 0.3) is 0 Å². The molecule has 2 unspecified atom stereocenters. The summed E-state index contributed by atoms with van der Waals surface area (Å²) < 4.78 is 0. The number of ketones is 1. The molecule has 0 spiro atoms. The fourth-order valence-electron chi connectivity index (χ4n) is 2.64. The molecule has 3 nitrogen and oxygen atoms in total. The van der Waals surface area contributed by atoms with Crippen molar-refractivity contribution in [3.8, 4) is 0 Å². The van der Waals surface area contributed by atoms with Crippen molar-refractivity contribution < 1.29 is 14.7 Å². The number of aliphatic carboxylic acids is 1. The van der Waals surface area contributed by atoms with Crippen LogP contribution in [0.25, 0.3) is 0 Å². The second-order valence-corrected chi connectivity index (χ2v) is 5.63. The maximum Gasteiger partial charge on any atom is 0.303 e.